The number of rotatable bonds is 6. The largest absolute Gasteiger partial charge is 0.487 e. The van der Waals surface area contributed by atoms with Gasteiger partial charge in [-0.05, 0) is 61.9 Å². The number of aryl methyl sites for hydroxylation is 1. The second-order valence-corrected chi connectivity index (χ2v) is 9.11. The number of fused-ring (bicyclic) bond motifs is 1. The second kappa shape index (κ2) is 9.68. The Morgan fingerprint density at radius 2 is 1.92 bits per heavy atom. The Balaban J connectivity index is 1.29. The Morgan fingerprint density at radius 3 is 2.64 bits per heavy atom. The van der Waals surface area contributed by atoms with Crippen LogP contribution in [0.25, 0.3) is 11.0 Å². The van der Waals surface area contributed by atoms with Gasteiger partial charge in [-0.1, -0.05) is 24.3 Å². The number of ether oxygens (including phenoxy) is 1. The number of para-hydroxylation sites is 2. The average molecular weight is 493 g/mol. The van der Waals surface area contributed by atoms with Crippen molar-refractivity contribution in [1.82, 2.24) is 9.55 Å². The van der Waals surface area contributed by atoms with E-state index < -0.39 is 24.4 Å². The first-order valence-electron chi connectivity index (χ1n) is 11.9. The van der Waals surface area contributed by atoms with Crippen LogP contribution >= 0.6 is 0 Å². The number of piperidine rings is 1. The lowest BCUT2D eigenvalue weighted by molar-refractivity contribution is 0.0811. The van der Waals surface area contributed by atoms with Crippen LogP contribution in [0.4, 0.5) is 19.1 Å². The van der Waals surface area contributed by atoms with Crippen LogP contribution in [0.1, 0.15) is 36.3 Å². The second-order valence-electron chi connectivity index (χ2n) is 9.11. The number of aromatic nitrogens is 2. The van der Waals surface area contributed by atoms with Crippen LogP contribution in [0.2, 0.25) is 0 Å². The molecule has 0 spiro atoms. The van der Waals surface area contributed by atoms with Gasteiger partial charge >= 0.3 is 0 Å². The summed E-state index contributed by atoms with van der Waals surface area (Å²) in [6.45, 7) is 3.80. The molecule has 1 aliphatic heterocycles. The van der Waals surface area contributed by atoms with Gasteiger partial charge in [0.2, 0.25) is 5.95 Å². The predicted octanol–water partition coefficient (Wildman–Crippen LogP) is 6.38. The van der Waals surface area contributed by atoms with Crippen LogP contribution in [0.3, 0.4) is 0 Å². The third-order valence-corrected chi connectivity index (χ3v) is 6.57. The number of hydrogen-bond acceptors (Lipinski definition) is 4. The summed E-state index contributed by atoms with van der Waals surface area (Å²) < 4.78 is 50.8. The SMILES string of the molecule is Cc1cc(O[C@@H]2CCN(c3nc4ccccc4n3C(C)F)C[C@H]2F)ccc1C(=N)c1cccc(F)c1. The Bertz CT molecular complexity index is 1420. The lowest BCUT2D eigenvalue weighted by Gasteiger charge is -2.35. The maximum atomic E-state index is 15.3. The Kier molecular flexibility index (Phi) is 6.43. The quantitative estimate of drug-likeness (QED) is 0.318. The van der Waals surface area contributed by atoms with Gasteiger partial charge in [0, 0.05) is 24.1 Å². The molecule has 4 aromatic rings. The molecule has 0 amide bonds. The van der Waals surface area contributed by atoms with Gasteiger partial charge in [0.05, 0.1) is 23.3 Å². The molecule has 1 N–H and O–H groups in total. The molecule has 36 heavy (non-hydrogen) atoms. The van der Waals surface area contributed by atoms with E-state index in [4.69, 9.17) is 10.1 Å². The van der Waals surface area contributed by atoms with Gasteiger partial charge in [0.1, 0.15) is 17.7 Å². The minimum Gasteiger partial charge on any atom is -0.487 e. The average Bonchev–Trinajstić information content (AvgIpc) is 3.25. The zero-order valence-corrected chi connectivity index (χ0v) is 20.1. The van der Waals surface area contributed by atoms with E-state index in [-0.39, 0.29) is 12.3 Å². The molecule has 3 aromatic carbocycles. The molecular formula is C28H27F3N4O. The highest BCUT2D eigenvalue weighted by atomic mass is 19.1. The molecule has 1 aromatic heterocycles. The predicted molar refractivity (Wildman–Crippen MR) is 135 cm³/mol. The van der Waals surface area contributed by atoms with E-state index in [0.717, 1.165) is 5.56 Å². The minimum absolute atomic E-state index is 0.0436. The van der Waals surface area contributed by atoms with Crippen molar-refractivity contribution in [2.24, 2.45) is 0 Å². The van der Waals surface area contributed by atoms with Crippen molar-refractivity contribution >= 4 is 22.7 Å². The van der Waals surface area contributed by atoms with Gasteiger partial charge in [-0.2, -0.15) is 0 Å². The Labute approximate surface area is 207 Å². The van der Waals surface area contributed by atoms with Gasteiger partial charge in [-0.25, -0.2) is 18.2 Å². The summed E-state index contributed by atoms with van der Waals surface area (Å²) in [5.74, 6) is 0.532. The van der Waals surface area contributed by atoms with Crippen LogP contribution in [0, 0.1) is 18.2 Å². The maximum absolute atomic E-state index is 15.3. The molecule has 1 unspecified atom stereocenters. The number of hydrogen-bond donors (Lipinski definition) is 1. The number of benzene rings is 3. The summed E-state index contributed by atoms with van der Waals surface area (Å²) in [5.41, 5.74) is 3.47. The van der Waals surface area contributed by atoms with E-state index >= 15 is 4.39 Å². The summed E-state index contributed by atoms with van der Waals surface area (Å²) in [5, 5.41) is 8.45. The van der Waals surface area contributed by atoms with E-state index in [0.29, 0.717) is 46.8 Å². The van der Waals surface area contributed by atoms with E-state index in [2.05, 4.69) is 4.98 Å². The number of nitrogens with one attached hydrogen (secondary N) is 1. The molecule has 0 aliphatic carbocycles. The fourth-order valence-corrected chi connectivity index (χ4v) is 4.77. The molecule has 0 radical (unpaired) electrons. The van der Waals surface area contributed by atoms with E-state index in [1.165, 1.54) is 23.6 Å². The molecule has 2 heterocycles. The molecule has 0 bridgehead atoms. The number of imidazole rings is 1. The van der Waals surface area contributed by atoms with Crippen molar-refractivity contribution < 1.29 is 17.9 Å². The fourth-order valence-electron chi connectivity index (χ4n) is 4.77. The highest BCUT2D eigenvalue weighted by Crippen LogP contribution is 2.31. The number of anilines is 1. The van der Waals surface area contributed by atoms with Crippen molar-refractivity contribution in [1.29, 1.82) is 5.41 Å². The normalized spacial score (nSPS) is 18.9. The smallest absolute Gasteiger partial charge is 0.209 e. The molecule has 0 saturated carbocycles. The van der Waals surface area contributed by atoms with Crippen LogP contribution < -0.4 is 9.64 Å². The van der Waals surface area contributed by atoms with Crippen LogP contribution in [0.15, 0.2) is 66.7 Å². The monoisotopic (exact) mass is 492 g/mol. The molecule has 8 heteroatoms. The molecule has 1 saturated heterocycles. The first-order valence-corrected chi connectivity index (χ1v) is 11.9. The molecule has 1 fully saturated rings. The van der Waals surface area contributed by atoms with Gasteiger partial charge in [-0.3, -0.25) is 9.98 Å². The standard InChI is InChI=1S/C28H27F3N4O/c1-17-14-21(10-11-22(17)27(32)19-6-5-7-20(30)15-19)36-26-12-13-34(16-23(26)31)28-33-24-8-3-4-9-25(24)35(28)18(2)29/h3-11,14-15,18,23,26,32H,12-13,16H2,1-2H3/t18?,23-,26-/m1/s1. The van der Waals surface area contributed by atoms with Crippen molar-refractivity contribution in [3.05, 3.63) is 89.2 Å². The third kappa shape index (κ3) is 4.55. The lowest BCUT2D eigenvalue weighted by atomic mass is 9.98. The number of halogens is 3. The summed E-state index contributed by atoms with van der Waals surface area (Å²) >= 11 is 0. The van der Waals surface area contributed by atoms with Crippen molar-refractivity contribution in [3.8, 4) is 5.75 Å². The zero-order chi connectivity index (χ0) is 25.4. The van der Waals surface area contributed by atoms with E-state index in [1.54, 1.807) is 35.2 Å². The van der Waals surface area contributed by atoms with Crippen LogP contribution in [0.5, 0.6) is 5.75 Å². The van der Waals surface area contributed by atoms with Crippen LogP contribution in [-0.4, -0.2) is 40.6 Å². The Morgan fingerprint density at radius 1 is 1.11 bits per heavy atom. The highest BCUT2D eigenvalue weighted by Gasteiger charge is 2.33. The van der Waals surface area contributed by atoms with Gasteiger partial charge in [0.25, 0.3) is 0 Å². The van der Waals surface area contributed by atoms with Gasteiger partial charge in [-0.15, -0.1) is 0 Å². The van der Waals surface area contributed by atoms with Gasteiger partial charge < -0.3 is 9.64 Å². The van der Waals surface area contributed by atoms with Crippen LogP contribution in [-0.2, 0) is 0 Å². The fraction of sp³-hybridized carbons (Fsp3) is 0.286. The summed E-state index contributed by atoms with van der Waals surface area (Å²) in [6, 6.07) is 18.5. The first-order chi connectivity index (χ1) is 17.3. The highest BCUT2D eigenvalue weighted by molar-refractivity contribution is 6.11. The minimum atomic E-state index is -1.30. The summed E-state index contributed by atoms with van der Waals surface area (Å²) in [7, 11) is 0. The zero-order valence-electron chi connectivity index (χ0n) is 20.1. The lowest BCUT2D eigenvalue weighted by Crippen LogP contribution is -2.48. The molecule has 186 valence electrons. The number of alkyl halides is 2. The number of nitrogens with zero attached hydrogens (tertiary/aromatic N) is 3. The summed E-state index contributed by atoms with van der Waals surface area (Å²) in [6.07, 6.45) is -2.85. The van der Waals surface area contributed by atoms with Crippen molar-refractivity contribution in [3.63, 3.8) is 0 Å². The summed E-state index contributed by atoms with van der Waals surface area (Å²) in [4.78, 5) is 6.34. The molecule has 1 aliphatic rings. The van der Waals surface area contributed by atoms with Crippen molar-refractivity contribution in [2.45, 2.75) is 38.8 Å². The molecule has 3 atom stereocenters. The van der Waals surface area contributed by atoms with Crippen molar-refractivity contribution in [2.75, 3.05) is 18.0 Å². The molecule has 5 rings (SSSR count). The Hall–Kier alpha value is -3.81. The molecular weight excluding hydrogens is 465 g/mol. The first kappa shape index (κ1) is 23.9. The third-order valence-electron chi connectivity index (χ3n) is 6.57. The van der Waals surface area contributed by atoms with Gasteiger partial charge in [0.15, 0.2) is 12.5 Å². The topological polar surface area (TPSA) is 54.1 Å². The van der Waals surface area contributed by atoms with E-state index in [1.807, 2.05) is 31.2 Å². The molecule has 5 nitrogen and oxygen atoms in total. The maximum Gasteiger partial charge on any atom is 0.209 e. The van der Waals surface area contributed by atoms with E-state index in [9.17, 15) is 8.78 Å².